The first kappa shape index (κ1) is 9.01. The van der Waals surface area contributed by atoms with Gasteiger partial charge in [-0.15, -0.1) is 0 Å². The van der Waals surface area contributed by atoms with Crippen LogP contribution in [-0.2, 0) is 0 Å². The van der Waals surface area contributed by atoms with Crippen LogP contribution in [0.3, 0.4) is 0 Å². The van der Waals surface area contributed by atoms with Gasteiger partial charge in [0.2, 0.25) is 0 Å². The Balaban J connectivity index is 2.47. The number of rotatable bonds is 1. The normalized spacial score (nSPS) is 39.5. The summed E-state index contributed by atoms with van der Waals surface area (Å²) in [6.07, 6.45) is 1.19. The number of hydrogen-bond acceptors (Lipinski definition) is 2. The van der Waals surface area contributed by atoms with Crippen molar-refractivity contribution in [3.05, 3.63) is 0 Å². The molecule has 0 aliphatic carbocycles. The summed E-state index contributed by atoms with van der Waals surface area (Å²) in [5.74, 6) is 1.52. The minimum atomic E-state index is 0.374. The molecule has 66 valence electrons. The summed E-state index contributed by atoms with van der Waals surface area (Å²) in [5, 5.41) is 3.44. The predicted molar refractivity (Wildman–Crippen MR) is 48.4 cm³/mol. The zero-order valence-corrected chi connectivity index (χ0v) is 7.80. The summed E-state index contributed by atoms with van der Waals surface area (Å²) in [4.78, 5) is 0. The van der Waals surface area contributed by atoms with Gasteiger partial charge in [0, 0.05) is 18.6 Å². The molecule has 0 aromatic heterocycles. The zero-order chi connectivity index (χ0) is 8.43. The highest BCUT2D eigenvalue weighted by atomic mass is 15.0. The first-order valence-corrected chi connectivity index (χ1v) is 4.60. The summed E-state index contributed by atoms with van der Waals surface area (Å²) >= 11 is 0. The molecule has 0 spiro atoms. The van der Waals surface area contributed by atoms with Crippen LogP contribution in [0.25, 0.3) is 0 Å². The Morgan fingerprint density at radius 3 is 2.55 bits per heavy atom. The molecule has 1 fully saturated rings. The average molecular weight is 156 g/mol. The zero-order valence-electron chi connectivity index (χ0n) is 7.80. The topological polar surface area (TPSA) is 38.0 Å². The maximum atomic E-state index is 5.86. The van der Waals surface area contributed by atoms with E-state index in [1.165, 1.54) is 6.42 Å². The molecule has 0 amide bonds. The second kappa shape index (κ2) is 3.55. The van der Waals surface area contributed by atoms with Gasteiger partial charge in [0.25, 0.3) is 0 Å². The summed E-state index contributed by atoms with van der Waals surface area (Å²) < 4.78 is 0. The van der Waals surface area contributed by atoms with Gasteiger partial charge in [0.15, 0.2) is 0 Å². The third-order valence-electron chi connectivity index (χ3n) is 2.78. The van der Waals surface area contributed by atoms with E-state index in [4.69, 9.17) is 5.73 Å². The Kier molecular flexibility index (Phi) is 2.90. The fourth-order valence-electron chi connectivity index (χ4n) is 1.98. The maximum absolute atomic E-state index is 5.86. The van der Waals surface area contributed by atoms with Crippen LogP contribution in [0.15, 0.2) is 0 Å². The van der Waals surface area contributed by atoms with Crippen molar-refractivity contribution in [1.29, 1.82) is 0 Å². The van der Waals surface area contributed by atoms with Gasteiger partial charge in [-0.1, -0.05) is 13.8 Å². The molecule has 3 atom stereocenters. The minimum absolute atomic E-state index is 0.374. The largest absolute Gasteiger partial charge is 0.327 e. The van der Waals surface area contributed by atoms with E-state index in [2.05, 4.69) is 26.1 Å². The predicted octanol–water partition coefficient (Wildman–Crippen LogP) is 0.968. The third kappa shape index (κ3) is 2.17. The SMILES string of the molecule is CC(C)C1CC(N)CNC1C. The minimum Gasteiger partial charge on any atom is -0.327 e. The Labute approximate surface area is 69.5 Å². The number of piperidine rings is 1. The van der Waals surface area contributed by atoms with Crippen LogP contribution in [0.2, 0.25) is 0 Å². The Hall–Kier alpha value is -0.0800. The molecule has 2 heteroatoms. The first-order valence-electron chi connectivity index (χ1n) is 4.60. The molecule has 0 saturated carbocycles. The maximum Gasteiger partial charge on any atom is 0.0168 e. The van der Waals surface area contributed by atoms with Gasteiger partial charge in [0.1, 0.15) is 0 Å². The molecule has 3 unspecified atom stereocenters. The lowest BCUT2D eigenvalue weighted by atomic mass is 9.81. The summed E-state index contributed by atoms with van der Waals surface area (Å²) in [5.41, 5.74) is 5.86. The van der Waals surface area contributed by atoms with Gasteiger partial charge in [-0.25, -0.2) is 0 Å². The summed E-state index contributed by atoms with van der Waals surface area (Å²) in [6.45, 7) is 7.81. The Morgan fingerprint density at radius 1 is 1.45 bits per heavy atom. The van der Waals surface area contributed by atoms with Crippen molar-refractivity contribution in [2.75, 3.05) is 6.54 Å². The van der Waals surface area contributed by atoms with Crippen molar-refractivity contribution in [2.45, 2.75) is 39.3 Å². The molecular weight excluding hydrogens is 136 g/mol. The van der Waals surface area contributed by atoms with E-state index < -0.39 is 0 Å². The van der Waals surface area contributed by atoms with Gasteiger partial charge < -0.3 is 11.1 Å². The van der Waals surface area contributed by atoms with E-state index in [0.717, 1.165) is 18.4 Å². The molecule has 0 aromatic rings. The quantitative estimate of drug-likeness (QED) is 0.593. The first-order chi connectivity index (χ1) is 5.11. The van der Waals surface area contributed by atoms with Crippen LogP contribution >= 0.6 is 0 Å². The Bertz CT molecular complexity index is 123. The number of hydrogen-bond donors (Lipinski definition) is 2. The van der Waals surface area contributed by atoms with Gasteiger partial charge in [0.05, 0.1) is 0 Å². The van der Waals surface area contributed by atoms with Crippen LogP contribution in [0.4, 0.5) is 0 Å². The van der Waals surface area contributed by atoms with Crippen molar-refractivity contribution in [1.82, 2.24) is 5.32 Å². The molecular formula is C9H20N2. The molecule has 1 rings (SSSR count). The van der Waals surface area contributed by atoms with E-state index in [1.54, 1.807) is 0 Å². The highest BCUT2D eigenvalue weighted by Crippen LogP contribution is 2.23. The lowest BCUT2D eigenvalue weighted by molar-refractivity contribution is 0.213. The Morgan fingerprint density at radius 2 is 2.09 bits per heavy atom. The molecule has 0 aromatic carbocycles. The van der Waals surface area contributed by atoms with Crippen molar-refractivity contribution < 1.29 is 0 Å². The molecule has 1 aliphatic heterocycles. The molecule has 0 radical (unpaired) electrons. The molecule has 11 heavy (non-hydrogen) atoms. The van der Waals surface area contributed by atoms with Crippen LogP contribution in [0, 0.1) is 11.8 Å². The van der Waals surface area contributed by atoms with Crippen LogP contribution in [0.1, 0.15) is 27.2 Å². The van der Waals surface area contributed by atoms with E-state index in [0.29, 0.717) is 12.1 Å². The van der Waals surface area contributed by atoms with Gasteiger partial charge in [-0.2, -0.15) is 0 Å². The standard InChI is InChI=1S/C9H20N2/c1-6(2)9-4-8(10)5-11-7(9)3/h6-9,11H,4-5,10H2,1-3H3. The molecule has 0 bridgehead atoms. The third-order valence-corrected chi connectivity index (χ3v) is 2.78. The van der Waals surface area contributed by atoms with E-state index in [1.807, 2.05) is 0 Å². The fourth-order valence-corrected chi connectivity index (χ4v) is 1.98. The average Bonchev–Trinajstić information content (AvgIpc) is 1.94. The fraction of sp³-hybridized carbons (Fsp3) is 1.00. The summed E-state index contributed by atoms with van der Waals surface area (Å²) in [7, 11) is 0. The van der Waals surface area contributed by atoms with Crippen LogP contribution in [0.5, 0.6) is 0 Å². The van der Waals surface area contributed by atoms with Crippen molar-refractivity contribution >= 4 is 0 Å². The van der Waals surface area contributed by atoms with Gasteiger partial charge >= 0.3 is 0 Å². The van der Waals surface area contributed by atoms with E-state index in [9.17, 15) is 0 Å². The van der Waals surface area contributed by atoms with Gasteiger partial charge in [-0.05, 0) is 25.2 Å². The smallest absolute Gasteiger partial charge is 0.0168 e. The second-order valence-electron chi connectivity index (χ2n) is 4.10. The second-order valence-corrected chi connectivity index (χ2v) is 4.10. The van der Waals surface area contributed by atoms with Crippen molar-refractivity contribution in [2.24, 2.45) is 17.6 Å². The highest BCUT2D eigenvalue weighted by Gasteiger charge is 2.27. The lowest BCUT2D eigenvalue weighted by Crippen LogP contribution is -2.50. The molecule has 3 N–H and O–H groups in total. The lowest BCUT2D eigenvalue weighted by Gasteiger charge is -2.36. The van der Waals surface area contributed by atoms with E-state index >= 15 is 0 Å². The van der Waals surface area contributed by atoms with Crippen molar-refractivity contribution in [3.8, 4) is 0 Å². The van der Waals surface area contributed by atoms with E-state index in [-0.39, 0.29) is 0 Å². The molecule has 2 nitrogen and oxygen atoms in total. The number of nitrogens with two attached hydrogens (primary N) is 1. The summed E-state index contributed by atoms with van der Waals surface area (Å²) in [6, 6.07) is 1.02. The highest BCUT2D eigenvalue weighted by molar-refractivity contribution is 4.85. The molecule has 1 heterocycles. The van der Waals surface area contributed by atoms with Crippen LogP contribution < -0.4 is 11.1 Å². The van der Waals surface area contributed by atoms with Crippen LogP contribution in [-0.4, -0.2) is 18.6 Å². The number of nitrogens with one attached hydrogen (secondary N) is 1. The molecule has 1 saturated heterocycles. The monoisotopic (exact) mass is 156 g/mol. The van der Waals surface area contributed by atoms with Gasteiger partial charge in [-0.3, -0.25) is 0 Å². The molecule has 1 aliphatic rings. The van der Waals surface area contributed by atoms with Crippen molar-refractivity contribution in [3.63, 3.8) is 0 Å².